The lowest BCUT2D eigenvalue weighted by atomic mass is 10.2. The number of benzene rings is 2. The van der Waals surface area contributed by atoms with Crippen LogP contribution in [0.1, 0.15) is 16.8 Å². The molecule has 2 aromatic carbocycles. The first-order chi connectivity index (χ1) is 11.6. The number of rotatable bonds is 4. The predicted octanol–water partition coefficient (Wildman–Crippen LogP) is 4.35. The molecule has 0 radical (unpaired) electrons. The van der Waals surface area contributed by atoms with Crippen molar-refractivity contribution in [2.45, 2.75) is 13.8 Å². The summed E-state index contributed by atoms with van der Waals surface area (Å²) < 4.78 is 12.9. The van der Waals surface area contributed by atoms with Gasteiger partial charge < -0.3 is 0 Å². The molecule has 0 aliphatic carbocycles. The molecule has 1 aromatic heterocycles. The van der Waals surface area contributed by atoms with Gasteiger partial charge in [-0.2, -0.15) is 5.10 Å². The molecule has 0 aliphatic heterocycles. The second-order valence-corrected chi connectivity index (χ2v) is 5.39. The Bertz CT molecular complexity index is 859. The van der Waals surface area contributed by atoms with Crippen molar-refractivity contribution in [2.75, 3.05) is 5.43 Å². The highest BCUT2D eigenvalue weighted by atomic mass is 19.1. The minimum Gasteiger partial charge on any atom is -0.261 e. The molecule has 0 bridgehead atoms. The Hall–Kier alpha value is -3.08. The van der Waals surface area contributed by atoms with E-state index in [0.29, 0.717) is 11.6 Å². The maximum Gasteiger partial charge on any atom is 0.161 e. The summed E-state index contributed by atoms with van der Waals surface area (Å²) >= 11 is 0. The first-order valence-electron chi connectivity index (χ1n) is 7.59. The van der Waals surface area contributed by atoms with Gasteiger partial charge in [0, 0.05) is 16.8 Å². The maximum absolute atomic E-state index is 12.9. The van der Waals surface area contributed by atoms with Crippen LogP contribution in [0.15, 0.2) is 59.7 Å². The Balaban J connectivity index is 1.85. The van der Waals surface area contributed by atoms with Crippen LogP contribution in [0, 0.1) is 19.7 Å². The van der Waals surface area contributed by atoms with Gasteiger partial charge >= 0.3 is 0 Å². The molecule has 0 atom stereocenters. The summed E-state index contributed by atoms with van der Waals surface area (Å²) in [5.74, 6) is 1.03. The number of halogens is 1. The largest absolute Gasteiger partial charge is 0.261 e. The van der Waals surface area contributed by atoms with Gasteiger partial charge in [-0.1, -0.05) is 42.5 Å². The highest BCUT2D eigenvalue weighted by Gasteiger charge is 2.08. The first kappa shape index (κ1) is 15.8. The van der Waals surface area contributed by atoms with Crippen LogP contribution < -0.4 is 5.43 Å². The van der Waals surface area contributed by atoms with Gasteiger partial charge in [0.15, 0.2) is 11.6 Å². The summed E-state index contributed by atoms with van der Waals surface area (Å²) in [6.07, 6.45) is 1.62. The number of aromatic nitrogens is 2. The van der Waals surface area contributed by atoms with Crippen LogP contribution in [0.5, 0.6) is 0 Å². The summed E-state index contributed by atoms with van der Waals surface area (Å²) in [4.78, 5) is 9.09. The van der Waals surface area contributed by atoms with Gasteiger partial charge in [0.05, 0.1) is 6.21 Å². The van der Waals surface area contributed by atoms with Gasteiger partial charge in [-0.05, 0) is 31.5 Å². The van der Waals surface area contributed by atoms with Gasteiger partial charge in [-0.15, -0.1) is 0 Å². The van der Waals surface area contributed by atoms with Crippen molar-refractivity contribution >= 4 is 12.0 Å². The molecule has 0 saturated heterocycles. The van der Waals surface area contributed by atoms with Gasteiger partial charge in [-0.25, -0.2) is 14.4 Å². The highest BCUT2D eigenvalue weighted by Crippen LogP contribution is 2.21. The molecule has 0 amide bonds. The summed E-state index contributed by atoms with van der Waals surface area (Å²) in [6.45, 7) is 3.89. The second kappa shape index (κ2) is 7.00. The summed E-state index contributed by atoms with van der Waals surface area (Å²) in [5, 5.41) is 4.19. The number of hydrazone groups is 1. The van der Waals surface area contributed by atoms with Crippen LogP contribution in [0.25, 0.3) is 11.4 Å². The van der Waals surface area contributed by atoms with Gasteiger partial charge in [-0.3, -0.25) is 5.43 Å². The lowest BCUT2D eigenvalue weighted by molar-refractivity contribution is 0.628. The van der Waals surface area contributed by atoms with Crippen LogP contribution in [-0.2, 0) is 0 Å². The number of nitrogens with zero attached hydrogens (tertiary/aromatic N) is 3. The Morgan fingerprint density at radius 3 is 2.38 bits per heavy atom. The summed E-state index contributed by atoms with van der Waals surface area (Å²) in [6, 6.07) is 15.9. The van der Waals surface area contributed by atoms with E-state index in [0.717, 1.165) is 22.4 Å². The molecule has 0 fully saturated rings. The Kier molecular flexibility index (Phi) is 4.61. The van der Waals surface area contributed by atoms with Gasteiger partial charge in [0.1, 0.15) is 5.82 Å². The lowest BCUT2D eigenvalue weighted by Gasteiger charge is -2.09. The van der Waals surface area contributed by atoms with Crippen molar-refractivity contribution < 1.29 is 4.39 Å². The normalized spacial score (nSPS) is 11.0. The molecule has 24 heavy (non-hydrogen) atoms. The molecular formula is C19H17FN4. The van der Waals surface area contributed by atoms with Crippen molar-refractivity contribution in [3.63, 3.8) is 0 Å². The molecule has 1 N–H and O–H groups in total. The molecule has 0 spiro atoms. The van der Waals surface area contributed by atoms with Crippen molar-refractivity contribution in [1.29, 1.82) is 0 Å². The fourth-order valence-corrected chi connectivity index (χ4v) is 2.17. The van der Waals surface area contributed by atoms with Crippen molar-refractivity contribution in [1.82, 2.24) is 9.97 Å². The zero-order valence-corrected chi connectivity index (χ0v) is 13.5. The van der Waals surface area contributed by atoms with Gasteiger partial charge in [0.25, 0.3) is 0 Å². The Labute approximate surface area is 140 Å². The topological polar surface area (TPSA) is 50.2 Å². The maximum atomic E-state index is 12.9. The Morgan fingerprint density at radius 1 is 0.958 bits per heavy atom. The van der Waals surface area contributed by atoms with Crippen LogP contribution in [0.2, 0.25) is 0 Å². The molecular weight excluding hydrogens is 303 g/mol. The molecule has 120 valence electrons. The van der Waals surface area contributed by atoms with E-state index in [9.17, 15) is 4.39 Å². The van der Waals surface area contributed by atoms with E-state index in [1.54, 1.807) is 18.3 Å². The van der Waals surface area contributed by atoms with E-state index < -0.39 is 0 Å². The minimum absolute atomic E-state index is 0.269. The van der Waals surface area contributed by atoms with E-state index in [1.807, 2.05) is 44.2 Å². The predicted molar refractivity (Wildman–Crippen MR) is 94.6 cm³/mol. The van der Waals surface area contributed by atoms with Crippen LogP contribution in [0.3, 0.4) is 0 Å². The number of aryl methyl sites for hydroxylation is 1. The number of nitrogens with one attached hydrogen (secondary N) is 1. The van der Waals surface area contributed by atoms with Crippen molar-refractivity contribution in [2.24, 2.45) is 5.10 Å². The number of anilines is 1. The van der Waals surface area contributed by atoms with Crippen LogP contribution in [0.4, 0.5) is 10.2 Å². The van der Waals surface area contributed by atoms with E-state index in [2.05, 4.69) is 20.5 Å². The monoisotopic (exact) mass is 320 g/mol. The average molecular weight is 320 g/mol. The number of hydrogen-bond acceptors (Lipinski definition) is 4. The van der Waals surface area contributed by atoms with E-state index in [4.69, 9.17) is 0 Å². The zero-order valence-electron chi connectivity index (χ0n) is 13.5. The van der Waals surface area contributed by atoms with Crippen LogP contribution >= 0.6 is 0 Å². The quantitative estimate of drug-likeness (QED) is 0.574. The third kappa shape index (κ3) is 3.63. The molecule has 5 heteroatoms. The zero-order chi connectivity index (χ0) is 16.9. The number of hydrogen-bond donors (Lipinski definition) is 1. The van der Waals surface area contributed by atoms with Crippen molar-refractivity contribution in [3.05, 3.63) is 77.2 Å². The lowest BCUT2D eigenvalue weighted by Crippen LogP contribution is -2.03. The van der Waals surface area contributed by atoms with Crippen LogP contribution in [-0.4, -0.2) is 16.2 Å². The fraction of sp³-hybridized carbons (Fsp3) is 0.105. The molecule has 0 saturated carbocycles. The Morgan fingerprint density at radius 2 is 1.67 bits per heavy atom. The third-order valence-electron chi connectivity index (χ3n) is 3.68. The summed E-state index contributed by atoms with van der Waals surface area (Å²) in [5.41, 5.74) is 6.53. The van der Waals surface area contributed by atoms with E-state index >= 15 is 0 Å². The molecule has 4 nitrogen and oxygen atoms in total. The van der Waals surface area contributed by atoms with Gasteiger partial charge in [0.2, 0.25) is 0 Å². The minimum atomic E-state index is -0.269. The molecule has 3 aromatic rings. The molecule has 1 heterocycles. The smallest absolute Gasteiger partial charge is 0.161 e. The standard InChI is InChI=1S/C19H17FN4/c1-13-14(2)22-19(16-6-4-3-5-7-16)23-18(13)24-21-12-15-8-10-17(20)11-9-15/h3-12H,1-2H3,(H,22,23,24). The summed E-state index contributed by atoms with van der Waals surface area (Å²) in [7, 11) is 0. The molecule has 0 aliphatic rings. The fourth-order valence-electron chi connectivity index (χ4n) is 2.17. The SMILES string of the molecule is Cc1nc(-c2ccccc2)nc(NN=Cc2ccc(F)cc2)c1C. The molecule has 0 unspecified atom stereocenters. The second-order valence-electron chi connectivity index (χ2n) is 5.39. The molecule has 3 rings (SSSR count). The average Bonchev–Trinajstić information content (AvgIpc) is 2.61. The van der Waals surface area contributed by atoms with E-state index in [1.165, 1.54) is 12.1 Å². The third-order valence-corrected chi connectivity index (χ3v) is 3.68. The first-order valence-corrected chi connectivity index (χ1v) is 7.59. The van der Waals surface area contributed by atoms with E-state index in [-0.39, 0.29) is 5.82 Å². The van der Waals surface area contributed by atoms with Crippen molar-refractivity contribution in [3.8, 4) is 11.4 Å². The highest BCUT2D eigenvalue weighted by molar-refractivity contribution is 5.80.